The molecule has 16 heteroatoms. The van der Waals surface area contributed by atoms with Gasteiger partial charge in [-0.1, -0.05) is 0 Å². The van der Waals surface area contributed by atoms with E-state index >= 15 is 0 Å². The van der Waals surface area contributed by atoms with Crippen molar-refractivity contribution in [2.24, 2.45) is 22.9 Å². The van der Waals surface area contributed by atoms with Crippen molar-refractivity contribution in [2.75, 3.05) is 19.7 Å². The third kappa shape index (κ3) is 7.15. The third-order valence-corrected chi connectivity index (χ3v) is 7.31. The second kappa shape index (κ2) is 14.0. The van der Waals surface area contributed by atoms with Crippen LogP contribution >= 0.6 is 0 Å². The average molecular weight is 554 g/mol. The van der Waals surface area contributed by atoms with Gasteiger partial charge in [0.25, 0.3) is 0 Å². The smallest absolute Gasteiger partial charge is 0.249 e. The number of nitrogens with one attached hydrogen (secondary N) is 1. The molecule has 1 aliphatic carbocycles. The van der Waals surface area contributed by atoms with Crippen LogP contribution in [-0.2, 0) is 23.7 Å². The van der Waals surface area contributed by atoms with Gasteiger partial charge in [0.05, 0.1) is 30.9 Å². The molecule has 2 heterocycles. The van der Waals surface area contributed by atoms with Crippen LogP contribution in [0.4, 0.5) is 0 Å². The van der Waals surface area contributed by atoms with E-state index in [1.165, 1.54) is 0 Å². The first-order valence-electron chi connectivity index (χ1n) is 12.9. The first-order chi connectivity index (χ1) is 18.0. The summed E-state index contributed by atoms with van der Waals surface area (Å²) in [6.45, 7) is -0.508. The number of hydrogen-bond donors (Lipinski definition) is 11. The predicted octanol–water partition coefficient (Wildman–Crippen LogP) is -6.37. The third-order valence-electron chi connectivity index (χ3n) is 7.31. The quantitative estimate of drug-likeness (QED) is 0.120. The van der Waals surface area contributed by atoms with Gasteiger partial charge in [0.1, 0.15) is 42.7 Å². The van der Waals surface area contributed by atoms with Gasteiger partial charge in [0.15, 0.2) is 12.6 Å². The highest BCUT2D eigenvalue weighted by Gasteiger charge is 2.51. The summed E-state index contributed by atoms with van der Waals surface area (Å²) < 4.78 is 23.1. The normalized spacial score (nSPS) is 44.9. The maximum atomic E-state index is 12.6. The Kier molecular flexibility index (Phi) is 11.6. The summed E-state index contributed by atoms with van der Waals surface area (Å²) in [5.74, 6) is -0.770. The van der Waals surface area contributed by atoms with Gasteiger partial charge in [-0.3, -0.25) is 4.79 Å². The Hall–Kier alpha value is -1.09. The molecule has 2 aliphatic heterocycles. The van der Waals surface area contributed by atoms with Crippen LogP contribution in [0.3, 0.4) is 0 Å². The van der Waals surface area contributed by atoms with Crippen molar-refractivity contribution in [3.05, 3.63) is 0 Å². The highest BCUT2D eigenvalue weighted by Crippen LogP contribution is 2.31. The van der Waals surface area contributed by atoms with Crippen LogP contribution < -0.4 is 28.3 Å². The largest absolute Gasteiger partial charge is 0.394 e. The van der Waals surface area contributed by atoms with Crippen LogP contribution in [0.15, 0.2) is 0 Å². The van der Waals surface area contributed by atoms with Crippen LogP contribution in [0.5, 0.6) is 0 Å². The van der Waals surface area contributed by atoms with Gasteiger partial charge in [0.2, 0.25) is 5.91 Å². The highest BCUT2D eigenvalue weighted by atomic mass is 16.7. The summed E-state index contributed by atoms with van der Waals surface area (Å²) >= 11 is 0. The molecule has 1 saturated carbocycles. The number of rotatable bonds is 10. The molecular weight excluding hydrogens is 510 g/mol. The molecule has 2 saturated heterocycles. The fourth-order valence-corrected chi connectivity index (χ4v) is 5.02. The maximum absolute atomic E-state index is 12.6. The Morgan fingerprint density at radius 1 is 0.974 bits per heavy atom. The molecule has 222 valence electrons. The van der Waals surface area contributed by atoms with Gasteiger partial charge >= 0.3 is 0 Å². The monoisotopic (exact) mass is 553 g/mol. The van der Waals surface area contributed by atoms with E-state index in [9.17, 15) is 35.4 Å². The Morgan fingerprint density at radius 2 is 1.68 bits per heavy atom. The molecule has 0 bridgehead atoms. The lowest BCUT2D eigenvalue weighted by molar-refractivity contribution is -0.314. The molecule has 3 fully saturated rings. The highest BCUT2D eigenvalue weighted by molar-refractivity contribution is 5.80. The van der Waals surface area contributed by atoms with Gasteiger partial charge in [-0.25, -0.2) is 0 Å². The zero-order valence-corrected chi connectivity index (χ0v) is 21.1. The van der Waals surface area contributed by atoms with Crippen molar-refractivity contribution in [2.45, 2.75) is 111 Å². The molecule has 16 nitrogen and oxygen atoms in total. The van der Waals surface area contributed by atoms with Crippen LogP contribution in [-0.4, -0.2) is 142 Å². The van der Waals surface area contributed by atoms with E-state index in [4.69, 9.17) is 41.9 Å². The SMILES string of the molecule is NCC[C@H](O)C(=O)N[C@@H]1C[C@H](N)[C@@H](O[C@@H]2CC[C@H](O)[C@@H](CN)O2)[C@H](O)[C@H]1O[C@H]1O[C@H](CO)[C@@H](O)[C@H](N)[C@H]1O. The Morgan fingerprint density at radius 3 is 2.32 bits per heavy atom. The molecule has 3 rings (SSSR count). The molecule has 38 heavy (non-hydrogen) atoms. The van der Waals surface area contributed by atoms with E-state index in [-0.39, 0.29) is 25.9 Å². The van der Waals surface area contributed by atoms with Gasteiger partial charge < -0.3 is 77.8 Å². The number of hydrogen-bond acceptors (Lipinski definition) is 15. The van der Waals surface area contributed by atoms with Gasteiger partial charge in [-0.2, -0.15) is 0 Å². The number of amides is 1. The van der Waals surface area contributed by atoms with E-state index in [1.807, 2.05) is 0 Å². The van der Waals surface area contributed by atoms with E-state index in [1.54, 1.807) is 0 Å². The second-order valence-electron chi connectivity index (χ2n) is 10.1. The Bertz CT molecular complexity index is 754. The number of carbonyl (C=O) groups is 1. The van der Waals surface area contributed by atoms with Crippen molar-refractivity contribution in [3.8, 4) is 0 Å². The maximum Gasteiger partial charge on any atom is 0.249 e. The minimum atomic E-state index is -1.55. The van der Waals surface area contributed by atoms with Crippen LogP contribution in [0.2, 0.25) is 0 Å². The van der Waals surface area contributed by atoms with E-state index in [0.29, 0.717) is 12.8 Å². The van der Waals surface area contributed by atoms with E-state index in [2.05, 4.69) is 5.32 Å². The molecule has 14 atom stereocenters. The topological polar surface area (TPSA) is 291 Å². The molecule has 3 aliphatic rings. The van der Waals surface area contributed by atoms with Crippen molar-refractivity contribution < 1.29 is 54.4 Å². The molecular formula is C22H43N5O11. The number of ether oxygens (including phenoxy) is 4. The van der Waals surface area contributed by atoms with Crippen molar-refractivity contribution in [1.29, 1.82) is 0 Å². The molecule has 1 amide bonds. The van der Waals surface area contributed by atoms with E-state index in [0.717, 1.165) is 0 Å². The summed E-state index contributed by atoms with van der Waals surface area (Å²) in [4.78, 5) is 12.6. The fourth-order valence-electron chi connectivity index (χ4n) is 5.02. The zero-order valence-electron chi connectivity index (χ0n) is 21.1. The van der Waals surface area contributed by atoms with Gasteiger partial charge in [-0.15, -0.1) is 0 Å². The minimum Gasteiger partial charge on any atom is -0.394 e. The second-order valence-corrected chi connectivity index (χ2v) is 10.1. The lowest BCUT2D eigenvalue weighted by Gasteiger charge is -2.48. The summed E-state index contributed by atoms with van der Waals surface area (Å²) in [7, 11) is 0. The number of nitrogens with two attached hydrogens (primary N) is 4. The molecule has 15 N–H and O–H groups in total. The van der Waals surface area contributed by atoms with Crippen LogP contribution in [0, 0.1) is 0 Å². The number of carbonyl (C=O) groups excluding carboxylic acids is 1. The van der Waals surface area contributed by atoms with Gasteiger partial charge in [-0.05, 0) is 25.8 Å². The fraction of sp³-hybridized carbons (Fsp3) is 0.955. The molecule has 0 radical (unpaired) electrons. The zero-order chi connectivity index (χ0) is 28.1. The molecule has 0 spiro atoms. The van der Waals surface area contributed by atoms with Crippen molar-refractivity contribution >= 4 is 5.91 Å². The summed E-state index contributed by atoms with van der Waals surface area (Å²) in [6, 6.07) is -3.05. The minimum absolute atomic E-state index is 0.00697. The van der Waals surface area contributed by atoms with Gasteiger partial charge in [0, 0.05) is 19.0 Å². The summed E-state index contributed by atoms with van der Waals surface area (Å²) in [5.41, 5.74) is 23.3. The van der Waals surface area contributed by atoms with Crippen molar-refractivity contribution in [1.82, 2.24) is 5.32 Å². The lowest BCUT2D eigenvalue weighted by atomic mass is 9.83. The lowest BCUT2D eigenvalue weighted by Crippen LogP contribution is -2.68. The number of aliphatic hydroxyl groups is 6. The first kappa shape index (κ1) is 31.4. The van der Waals surface area contributed by atoms with Crippen molar-refractivity contribution in [3.63, 3.8) is 0 Å². The molecule has 0 aromatic carbocycles. The summed E-state index contributed by atoms with van der Waals surface area (Å²) in [5, 5.41) is 64.3. The predicted molar refractivity (Wildman–Crippen MR) is 129 cm³/mol. The van der Waals surface area contributed by atoms with Crippen LogP contribution in [0.1, 0.15) is 25.7 Å². The first-order valence-corrected chi connectivity index (χ1v) is 12.9. The Labute approximate surface area is 220 Å². The van der Waals surface area contributed by atoms with E-state index < -0.39 is 98.2 Å². The Balaban J connectivity index is 1.80. The molecule has 0 unspecified atom stereocenters. The average Bonchev–Trinajstić information content (AvgIpc) is 2.89. The standard InChI is InChI=1S/C22H43N5O11/c23-4-3-11(30)21(34)27-9-5-8(25)19(37-14-2-1-10(29)12(6-24)35-14)18(33)20(9)38-22-17(32)15(26)16(31)13(7-28)36-22/h8-20,22,28-33H,1-7,23-26H2,(H,27,34)/t8-,9+,10-,11-,12+,13+,14+,15-,16+,17+,18-,19+,20-,22+/m0/s1. The molecule has 0 aromatic heterocycles. The number of aliphatic hydroxyl groups excluding tert-OH is 6. The van der Waals surface area contributed by atoms with Crippen LogP contribution in [0.25, 0.3) is 0 Å². The molecule has 0 aromatic rings. The summed E-state index contributed by atoms with van der Waals surface area (Å²) in [6.07, 6.45) is -12.5.